The topological polar surface area (TPSA) is 46.3 Å². The lowest BCUT2D eigenvalue weighted by Crippen LogP contribution is -2.32. The van der Waals surface area contributed by atoms with Gasteiger partial charge in [0, 0.05) is 19.0 Å². The van der Waals surface area contributed by atoms with E-state index >= 15 is 0 Å². The van der Waals surface area contributed by atoms with Crippen molar-refractivity contribution >= 4 is 23.6 Å². The summed E-state index contributed by atoms with van der Waals surface area (Å²) in [5.74, 6) is 0.107. The molecule has 0 saturated heterocycles. The van der Waals surface area contributed by atoms with Crippen LogP contribution in [0.4, 0.5) is 0 Å². The lowest BCUT2D eigenvalue weighted by molar-refractivity contribution is -0.118. The van der Waals surface area contributed by atoms with Crippen molar-refractivity contribution < 1.29 is 4.79 Å². The van der Waals surface area contributed by atoms with Gasteiger partial charge in [0.2, 0.25) is 6.41 Å². The number of hydrogen-bond acceptors (Lipinski definition) is 2. The largest absolute Gasteiger partial charge is 0.393 e. The molecule has 4 heteroatoms. The summed E-state index contributed by atoms with van der Waals surface area (Å²) in [7, 11) is 0. The van der Waals surface area contributed by atoms with Crippen LogP contribution in [0.15, 0.2) is 0 Å². The molecular weight excluding hydrogens is 160 g/mol. The summed E-state index contributed by atoms with van der Waals surface area (Å²) >= 11 is 4.77. The third kappa shape index (κ3) is 3.93. The van der Waals surface area contributed by atoms with Gasteiger partial charge in [-0.3, -0.25) is 4.79 Å². The van der Waals surface area contributed by atoms with Crippen LogP contribution in [0.5, 0.6) is 0 Å². The van der Waals surface area contributed by atoms with Crippen molar-refractivity contribution in [2.24, 2.45) is 11.7 Å². The Balaban J connectivity index is 3.80. The van der Waals surface area contributed by atoms with Crippen LogP contribution in [-0.4, -0.2) is 29.4 Å². The van der Waals surface area contributed by atoms with E-state index in [9.17, 15) is 4.79 Å². The van der Waals surface area contributed by atoms with E-state index in [-0.39, 0.29) is 5.92 Å². The Bertz CT molecular complexity index is 149. The molecule has 3 nitrogen and oxygen atoms in total. The van der Waals surface area contributed by atoms with Gasteiger partial charge in [-0.1, -0.05) is 19.1 Å². The van der Waals surface area contributed by atoms with Crippen LogP contribution in [0.3, 0.4) is 0 Å². The second-order valence-electron chi connectivity index (χ2n) is 2.50. The summed E-state index contributed by atoms with van der Waals surface area (Å²) in [5, 5.41) is 0. The minimum absolute atomic E-state index is 0.107. The molecular formula is C7H14N2OS. The van der Waals surface area contributed by atoms with Gasteiger partial charge in [0.25, 0.3) is 0 Å². The first-order valence-corrected chi connectivity index (χ1v) is 4.01. The molecule has 0 bridgehead atoms. The van der Waals surface area contributed by atoms with Gasteiger partial charge in [0.05, 0.1) is 4.99 Å². The highest BCUT2D eigenvalue weighted by Crippen LogP contribution is 1.97. The Morgan fingerprint density at radius 3 is 2.64 bits per heavy atom. The van der Waals surface area contributed by atoms with E-state index in [1.165, 1.54) is 0 Å². The second-order valence-corrected chi connectivity index (χ2v) is 2.97. The number of nitrogens with two attached hydrogens (primary N) is 1. The third-order valence-corrected chi connectivity index (χ3v) is 1.95. The van der Waals surface area contributed by atoms with Crippen LogP contribution in [0, 0.1) is 5.92 Å². The fourth-order valence-electron chi connectivity index (χ4n) is 0.688. The van der Waals surface area contributed by atoms with Gasteiger partial charge in [0.1, 0.15) is 0 Å². The van der Waals surface area contributed by atoms with Crippen molar-refractivity contribution in [3.63, 3.8) is 0 Å². The average molecular weight is 174 g/mol. The fraction of sp³-hybridized carbons (Fsp3) is 0.714. The molecule has 0 aliphatic carbocycles. The number of carbonyl (C=O) groups is 1. The Kier molecular flexibility index (Phi) is 4.77. The summed E-state index contributed by atoms with van der Waals surface area (Å²) in [6.07, 6.45) is 0.814. The van der Waals surface area contributed by atoms with Crippen molar-refractivity contribution in [3.05, 3.63) is 0 Å². The number of rotatable bonds is 5. The van der Waals surface area contributed by atoms with Crippen molar-refractivity contribution in [2.45, 2.75) is 13.8 Å². The summed E-state index contributed by atoms with van der Waals surface area (Å²) in [6.45, 7) is 5.15. The Morgan fingerprint density at radius 1 is 1.82 bits per heavy atom. The lowest BCUT2D eigenvalue weighted by atomic mass is 10.2. The lowest BCUT2D eigenvalue weighted by Gasteiger charge is -2.18. The molecule has 0 aromatic heterocycles. The maximum Gasteiger partial charge on any atom is 0.209 e. The maximum atomic E-state index is 10.3. The smallest absolute Gasteiger partial charge is 0.209 e. The Labute approximate surface area is 72.5 Å². The van der Waals surface area contributed by atoms with Crippen LogP contribution >= 0.6 is 12.2 Å². The number of carbonyl (C=O) groups excluding carboxylic acids is 1. The van der Waals surface area contributed by atoms with Crippen molar-refractivity contribution in [1.29, 1.82) is 0 Å². The van der Waals surface area contributed by atoms with E-state index in [1.807, 2.05) is 13.8 Å². The molecule has 0 rings (SSSR count). The molecule has 0 aliphatic rings. The van der Waals surface area contributed by atoms with Gasteiger partial charge >= 0.3 is 0 Å². The normalized spacial score (nSPS) is 12.2. The number of amides is 1. The molecule has 1 amide bonds. The molecule has 0 spiro atoms. The van der Waals surface area contributed by atoms with Gasteiger partial charge in [-0.25, -0.2) is 0 Å². The average Bonchev–Trinajstić information content (AvgIpc) is 1.99. The standard InChI is InChI=1S/C7H14N2OS/c1-3-9(5-10)4-6(2)7(8)11/h5-6H,3-4H2,1-2H3,(H2,8,11). The van der Waals surface area contributed by atoms with Crippen LogP contribution < -0.4 is 5.73 Å². The highest BCUT2D eigenvalue weighted by atomic mass is 32.1. The fourth-order valence-corrected chi connectivity index (χ4v) is 0.763. The quantitative estimate of drug-likeness (QED) is 0.484. The summed E-state index contributed by atoms with van der Waals surface area (Å²) in [6, 6.07) is 0. The van der Waals surface area contributed by atoms with Crippen molar-refractivity contribution in [2.75, 3.05) is 13.1 Å². The molecule has 0 aliphatic heterocycles. The van der Waals surface area contributed by atoms with Gasteiger partial charge in [0.15, 0.2) is 0 Å². The predicted molar refractivity (Wildman–Crippen MR) is 49.3 cm³/mol. The van der Waals surface area contributed by atoms with Gasteiger partial charge in [-0.2, -0.15) is 0 Å². The zero-order chi connectivity index (χ0) is 8.85. The van der Waals surface area contributed by atoms with Crippen LogP contribution in [-0.2, 0) is 4.79 Å². The van der Waals surface area contributed by atoms with Crippen LogP contribution in [0.1, 0.15) is 13.8 Å². The minimum Gasteiger partial charge on any atom is -0.393 e. The highest BCUT2D eigenvalue weighted by Gasteiger charge is 2.08. The van der Waals surface area contributed by atoms with E-state index in [2.05, 4.69) is 0 Å². The summed E-state index contributed by atoms with van der Waals surface area (Å²) in [5.41, 5.74) is 5.38. The monoisotopic (exact) mass is 174 g/mol. The van der Waals surface area contributed by atoms with Crippen LogP contribution in [0.2, 0.25) is 0 Å². The van der Waals surface area contributed by atoms with E-state index in [0.29, 0.717) is 18.1 Å². The Morgan fingerprint density at radius 2 is 2.36 bits per heavy atom. The molecule has 0 heterocycles. The first-order valence-electron chi connectivity index (χ1n) is 3.60. The Hall–Kier alpha value is -0.640. The molecule has 2 N–H and O–H groups in total. The molecule has 0 saturated carbocycles. The van der Waals surface area contributed by atoms with E-state index in [1.54, 1.807) is 4.90 Å². The maximum absolute atomic E-state index is 10.3. The third-order valence-electron chi connectivity index (χ3n) is 1.55. The zero-order valence-corrected chi connectivity index (χ0v) is 7.73. The minimum atomic E-state index is 0.107. The molecule has 0 fully saturated rings. The predicted octanol–water partition coefficient (Wildman–Crippen LogP) is 0.387. The van der Waals surface area contributed by atoms with E-state index < -0.39 is 0 Å². The van der Waals surface area contributed by atoms with E-state index in [0.717, 1.165) is 6.41 Å². The SMILES string of the molecule is CCN(C=O)CC(C)C(N)=S. The van der Waals surface area contributed by atoms with Crippen molar-refractivity contribution in [1.82, 2.24) is 4.90 Å². The van der Waals surface area contributed by atoms with E-state index in [4.69, 9.17) is 18.0 Å². The second kappa shape index (κ2) is 5.07. The van der Waals surface area contributed by atoms with Gasteiger partial charge in [-0.05, 0) is 6.92 Å². The zero-order valence-electron chi connectivity index (χ0n) is 6.91. The van der Waals surface area contributed by atoms with Crippen LogP contribution in [0.25, 0.3) is 0 Å². The highest BCUT2D eigenvalue weighted by molar-refractivity contribution is 7.80. The molecule has 0 aromatic carbocycles. The molecule has 0 radical (unpaired) electrons. The molecule has 64 valence electrons. The number of nitrogens with zero attached hydrogens (tertiary/aromatic N) is 1. The molecule has 1 atom stereocenters. The van der Waals surface area contributed by atoms with Gasteiger partial charge in [-0.15, -0.1) is 0 Å². The molecule has 11 heavy (non-hydrogen) atoms. The molecule has 1 unspecified atom stereocenters. The molecule has 0 aromatic rings. The summed E-state index contributed by atoms with van der Waals surface area (Å²) < 4.78 is 0. The first kappa shape index (κ1) is 10.4. The van der Waals surface area contributed by atoms with Crippen molar-refractivity contribution in [3.8, 4) is 0 Å². The number of thiocarbonyl (C=S) groups is 1. The first-order chi connectivity index (χ1) is 5.11. The number of hydrogen-bond donors (Lipinski definition) is 1. The van der Waals surface area contributed by atoms with Gasteiger partial charge < -0.3 is 10.6 Å². The summed E-state index contributed by atoms with van der Waals surface area (Å²) in [4.78, 5) is 12.4.